The number of aliphatic hydroxyl groups excluding tert-OH is 1. The minimum Gasteiger partial charge on any atom is -0.598 e. The van der Waals surface area contributed by atoms with E-state index in [9.17, 15) is 45.5 Å². The lowest BCUT2D eigenvalue weighted by Gasteiger charge is -2.35. The van der Waals surface area contributed by atoms with E-state index in [0.717, 1.165) is 24.3 Å². The molecule has 1 aliphatic heterocycles. The molecule has 0 saturated heterocycles. The molecule has 0 fully saturated rings. The first-order chi connectivity index (χ1) is 15.9. The average molecular weight is 530 g/mol. The first-order valence-electron chi connectivity index (χ1n) is 9.98. The van der Waals surface area contributed by atoms with E-state index < -0.39 is 81.3 Å². The van der Waals surface area contributed by atoms with Gasteiger partial charge in [-0.3, -0.25) is 0 Å². The van der Waals surface area contributed by atoms with Gasteiger partial charge >= 0.3 is 12.4 Å². The Labute approximate surface area is 198 Å². The lowest BCUT2D eigenvalue weighted by molar-refractivity contribution is -0.279. The fourth-order valence-electron chi connectivity index (χ4n) is 3.27. The fraction of sp³-hybridized carbons (Fsp3) is 0.476. The number of alkyl halides is 6. The van der Waals surface area contributed by atoms with E-state index in [1.165, 1.54) is 20.8 Å². The number of hydrogen-bond acceptors (Lipinski definition) is 6. The highest BCUT2D eigenvalue weighted by Crippen LogP contribution is 2.52. The van der Waals surface area contributed by atoms with Crippen molar-refractivity contribution in [2.75, 3.05) is 13.2 Å². The second kappa shape index (κ2) is 8.76. The van der Waals surface area contributed by atoms with Crippen molar-refractivity contribution in [3.8, 4) is 17.0 Å². The molecule has 1 aromatic heterocycles. The fourth-order valence-corrected chi connectivity index (χ4v) is 4.18. The van der Waals surface area contributed by atoms with Crippen molar-refractivity contribution < 1.29 is 50.2 Å². The van der Waals surface area contributed by atoms with Gasteiger partial charge in [0, 0.05) is 22.5 Å². The Morgan fingerprint density at radius 3 is 2.14 bits per heavy atom. The first kappa shape index (κ1) is 27.5. The molecule has 1 aromatic carbocycles. The number of aromatic nitrogens is 1. The third kappa shape index (κ3) is 4.69. The number of halogens is 7. The number of benzene rings is 1. The highest BCUT2D eigenvalue weighted by atomic mass is 32.2. The molecule has 0 bridgehead atoms. The maximum atomic E-state index is 14.5. The van der Waals surface area contributed by atoms with Crippen molar-refractivity contribution in [2.45, 2.75) is 49.0 Å². The van der Waals surface area contributed by atoms with Gasteiger partial charge in [-0.2, -0.15) is 26.3 Å². The van der Waals surface area contributed by atoms with Crippen LogP contribution in [-0.4, -0.2) is 50.1 Å². The zero-order valence-corrected chi connectivity index (χ0v) is 19.3. The van der Waals surface area contributed by atoms with Gasteiger partial charge in [0.05, 0.1) is 12.3 Å². The highest BCUT2D eigenvalue weighted by molar-refractivity contribution is 7.90. The van der Waals surface area contributed by atoms with Crippen LogP contribution < -0.4 is 9.46 Å². The predicted molar refractivity (Wildman–Crippen MR) is 111 cm³/mol. The van der Waals surface area contributed by atoms with Crippen molar-refractivity contribution in [2.24, 2.45) is 0 Å². The van der Waals surface area contributed by atoms with Crippen LogP contribution in [0.15, 0.2) is 30.3 Å². The van der Waals surface area contributed by atoms with Crippen LogP contribution >= 0.6 is 0 Å². The zero-order valence-electron chi connectivity index (χ0n) is 18.5. The SMILES string of the molecule is CC(C)(C)[S@@+]([O-])NC1(C(F)(F)F)COc2c1cc(C(O)(CO)C(F)(F)F)nc2-c1ccc(F)cc1. The topological polar surface area (TPSA) is 97.7 Å². The average Bonchev–Trinajstić information content (AvgIpc) is 3.11. The Morgan fingerprint density at radius 2 is 1.69 bits per heavy atom. The molecule has 3 rings (SSSR count). The molecule has 0 aliphatic carbocycles. The van der Waals surface area contributed by atoms with Crippen LogP contribution in [0.4, 0.5) is 30.7 Å². The number of fused-ring (bicyclic) bond motifs is 1. The second-order valence-electron chi connectivity index (χ2n) is 8.93. The normalized spacial score (nSPS) is 21.3. The van der Waals surface area contributed by atoms with E-state index in [1.54, 1.807) is 0 Å². The summed E-state index contributed by atoms with van der Waals surface area (Å²) in [5, 5.41) is 19.6. The van der Waals surface area contributed by atoms with Gasteiger partial charge in [0.1, 0.15) is 22.9 Å². The third-order valence-corrected chi connectivity index (χ3v) is 7.06. The van der Waals surface area contributed by atoms with Crippen molar-refractivity contribution in [3.05, 3.63) is 47.4 Å². The third-order valence-electron chi connectivity index (χ3n) is 5.41. The van der Waals surface area contributed by atoms with E-state index in [2.05, 4.69) is 4.98 Å². The Morgan fingerprint density at radius 1 is 1.11 bits per heavy atom. The van der Waals surface area contributed by atoms with E-state index in [4.69, 9.17) is 4.74 Å². The van der Waals surface area contributed by atoms with Crippen LogP contribution in [0.3, 0.4) is 0 Å². The number of rotatable bonds is 5. The molecule has 2 aromatic rings. The number of hydrogen-bond donors (Lipinski definition) is 3. The molecule has 0 radical (unpaired) electrons. The van der Waals surface area contributed by atoms with Crippen LogP contribution in [0.1, 0.15) is 32.0 Å². The smallest absolute Gasteiger partial charge is 0.425 e. The molecule has 194 valence electrons. The zero-order chi connectivity index (χ0) is 26.6. The quantitative estimate of drug-likeness (QED) is 0.402. The summed E-state index contributed by atoms with van der Waals surface area (Å²) in [6, 6.07) is 4.21. The highest BCUT2D eigenvalue weighted by Gasteiger charge is 2.66. The molecule has 0 amide bonds. The predicted octanol–water partition coefficient (Wildman–Crippen LogP) is 3.83. The van der Waals surface area contributed by atoms with E-state index >= 15 is 0 Å². The van der Waals surface area contributed by atoms with Gasteiger partial charge in [-0.1, -0.05) is 0 Å². The van der Waals surface area contributed by atoms with Gasteiger partial charge in [-0.25, -0.2) is 9.37 Å². The minimum absolute atomic E-state index is 0.123. The van der Waals surface area contributed by atoms with Crippen molar-refractivity contribution in [3.63, 3.8) is 0 Å². The number of ether oxygens (including phenoxy) is 1. The van der Waals surface area contributed by atoms with Crippen molar-refractivity contribution in [1.29, 1.82) is 0 Å². The summed E-state index contributed by atoms with van der Waals surface area (Å²) in [6.45, 7) is 0.982. The summed E-state index contributed by atoms with van der Waals surface area (Å²) in [5.74, 6) is -1.34. The van der Waals surface area contributed by atoms with Crippen LogP contribution in [0.25, 0.3) is 11.3 Å². The van der Waals surface area contributed by atoms with Crippen molar-refractivity contribution >= 4 is 11.4 Å². The van der Waals surface area contributed by atoms with E-state index in [-0.39, 0.29) is 5.56 Å². The minimum atomic E-state index is -5.54. The molecule has 6 nitrogen and oxygen atoms in total. The summed E-state index contributed by atoms with van der Waals surface area (Å²) in [7, 11) is 0. The van der Waals surface area contributed by atoms with Crippen molar-refractivity contribution in [1.82, 2.24) is 9.71 Å². The summed E-state index contributed by atoms with van der Waals surface area (Å²) >= 11 is -2.38. The largest absolute Gasteiger partial charge is 0.598 e. The van der Waals surface area contributed by atoms with Crippen LogP contribution in [0, 0.1) is 5.82 Å². The van der Waals surface area contributed by atoms with Gasteiger partial charge in [0.2, 0.25) is 11.1 Å². The Bertz CT molecular complexity index is 1090. The lowest BCUT2D eigenvalue weighted by atomic mass is 9.88. The first-order valence-corrected chi connectivity index (χ1v) is 11.1. The van der Waals surface area contributed by atoms with Gasteiger partial charge in [0.25, 0.3) is 0 Å². The molecule has 0 spiro atoms. The number of nitrogens with zero attached hydrogens (tertiary/aromatic N) is 1. The second-order valence-corrected chi connectivity index (χ2v) is 10.9. The van der Waals surface area contributed by atoms with Gasteiger partial charge in [-0.15, -0.1) is 4.72 Å². The molecule has 35 heavy (non-hydrogen) atoms. The maximum Gasteiger partial charge on any atom is 0.425 e. The lowest BCUT2D eigenvalue weighted by Crippen LogP contribution is -2.60. The molecule has 0 saturated carbocycles. The molecule has 3 atom stereocenters. The summed E-state index contributed by atoms with van der Waals surface area (Å²) < 4.78 is 117. The molecule has 14 heteroatoms. The maximum absolute atomic E-state index is 14.5. The van der Waals surface area contributed by atoms with Crippen LogP contribution in [0.5, 0.6) is 5.75 Å². The van der Waals surface area contributed by atoms with E-state index in [1.807, 2.05) is 4.72 Å². The Balaban J connectivity index is 2.38. The molecular formula is C21H21F7N2O4S. The number of aliphatic hydroxyl groups is 2. The van der Waals surface area contributed by atoms with Gasteiger partial charge in [-0.05, 0) is 51.1 Å². The molecule has 2 heterocycles. The number of pyridine rings is 1. The Kier molecular flexibility index (Phi) is 6.87. The molecule has 2 unspecified atom stereocenters. The molecule has 1 aliphatic rings. The summed E-state index contributed by atoms with van der Waals surface area (Å²) in [4.78, 5) is 3.68. The van der Waals surface area contributed by atoms with Crippen LogP contribution in [0.2, 0.25) is 0 Å². The monoisotopic (exact) mass is 530 g/mol. The summed E-state index contributed by atoms with van der Waals surface area (Å²) in [6.07, 6.45) is -10.8. The molecule has 3 N–H and O–H groups in total. The Hall–Kier alpha value is -2.13. The summed E-state index contributed by atoms with van der Waals surface area (Å²) in [5.41, 5.74) is -10.3. The number of nitrogens with one attached hydrogen (secondary N) is 1. The standard InChI is InChI=1S/C21H21F7N2O4S/c1-17(2,3)35(33)30-18(20(23,24)25)10-34-16-13(18)8-14(19(32,9-31)21(26,27)28)29-15(16)11-4-6-12(22)7-5-11/h4-8,30-32H,9-10H2,1-3H3/t18?,19?,35-/m1/s1. The van der Waals surface area contributed by atoms with Gasteiger partial charge < -0.3 is 19.5 Å². The van der Waals surface area contributed by atoms with Crippen LogP contribution in [-0.2, 0) is 22.5 Å². The van der Waals surface area contributed by atoms with E-state index in [0.29, 0.717) is 6.07 Å². The molecular weight excluding hydrogens is 509 g/mol. The van der Waals surface area contributed by atoms with Gasteiger partial charge in [0.15, 0.2) is 5.75 Å².